The first kappa shape index (κ1) is 17.1. The molecule has 1 fully saturated rings. The zero-order valence-electron chi connectivity index (χ0n) is 14.5. The van der Waals surface area contributed by atoms with Crippen molar-refractivity contribution in [1.82, 2.24) is 15.6 Å². The number of amides is 1. The van der Waals surface area contributed by atoms with Crippen LogP contribution in [0.15, 0.2) is 36.7 Å². The molecule has 0 radical (unpaired) electrons. The number of carbonyl (C=O) groups excluding carboxylic acids is 1. The van der Waals surface area contributed by atoms with E-state index in [1.165, 1.54) is 5.57 Å². The Morgan fingerprint density at radius 3 is 2.62 bits per heavy atom. The van der Waals surface area contributed by atoms with Crippen molar-refractivity contribution in [1.29, 1.82) is 0 Å². The summed E-state index contributed by atoms with van der Waals surface area (Å²) in [5.74, 6) is 0. The molecule has 2 N–H and O–H groups in total. The van der Waals surface area contributed by atoms with Crippen LogP contribution in [0.5, 0.6) is 0 Å². The van der Waals surface area contributed by atoms with Crippen LogP contribution in [0.1, 0.15) is 18.4 Å². The summed E-state index contributed by atoms with van der Waals surface area (Å²) in [6.07, 6.45) is 5.97. The molecule has 1 aromatic heterocycles. The highest BCUT2D eigenvalue weighted by Crippen LogP contribution is 2.27. The van der Waals surface area contributed by atoms with Crippen LogP contribution in [0.3, 0.4) is 0 Å². The van der Waals surface area contributed by atoms with E-state index in [2.05, 4.69) is 32.7 Å². The molecule has 6 heteroatoms. The summed E-state index contributed by atoms with van der Waals surface area (Å²) >= 11 is 6.94. The second-order valence-corrected chi connectivity index (χ2v) is 6.89. The van der Waals surface area contributed by atoms with Crippen molar-refractivity contribution in [2.75, 3.05) is 31.1 Å². The lowest BCUT2D eigenvalue weighted by Gasteiger charge is -2.31. The fraction of sp³-hybridized carbons (Fsp3) is 0.300. The monoisotopic (exact) mass is 368 g/mol. The molecule has 0 spiro atoms. The summed E-state index contributed by atoms with van der Waals surface area (Å²) in [4.78, 5) is 17.5. The SMILES string of the molecule is O=CNC1=c2ccc(N3CCNCC3)c(Cl)c2=C(c2ccncc2)CC1. The molecule has 2 aromatic rings. The first-order chi connectivity index (χ1) is 12.8. The quantitative estimate of drug-likeness (QED) is 0.790. The number of nitrogens with one attached hydrogen (secondary N) is 2. The number of rotatable bonds is 4. The highest BCUT2D eigenvalue weighted by molar-refractivity contribution is 6.33. The number of halogens is 1. The van der Waals surface area contributed by atoms with E-state index < -0.39 is 0 Å². The Morgan fingerprint density at radius 1 is 1.12 bits per heavy atom. The van der Waals surface area contributed by atoms with Crippen molar-refractivity contribution in [2.45, 2.75) is 12.8 Å². The van der Waals surface area contributed by atoms with Crippen LogP contribution >= 0.6 is 11.6 Å². The Hall–Kier alpha value is -2.37. The number of hydrogen-bond donors (Lipinski definition) is 2. The maximum Gasteiger partial charge on any atom is 0.211 e. The van der Waals surface area contributed by atoms with Gasteiger partial charge in [-0.2, -0.15) is 0 Å². The fourth-order valence-corrected chi connectivity index (χ4v) is 4.23. The van der Waals surface area contributed by atoms with Gasteiger partial charge >= 0.3 is 0 Å². The average Bonchev–Trinajstić information content (AvgIpc) is 2.70. The van der Waals surface area contributed by atoms with Gasteiger partial charge < -0.3 is 15.5 Å². The van der Waals surface area contributed by atoms with Crippen LogP contribution in [0.4, 0.5) is 5.69 Å². The van der Waals surface area contributed by atoms with E-state index in [-0.39, 0.29) is 0 Å². The minimum absolute atomic E-state index is 0.745. The van der Waals surface area contributed by atoms with Gasteiger partial charge in [-0.1, -0.05) is 17.7 Å². The van der Waals surface area contributed by atoms with E-state index in [9.17, 15) is 4.79 Å². The highest BCUT2D eigenvalue weighted by atomic mass is 35.5. The van der Waals surface area contributed by atoms with Crippen molar-refractivity contribution < 1.29 is 4.79 Å². The minimum atomic E-state index is 0.745. The molecule has 134 valence electrons. The van der Waals surface area contributed by atoms with Gasteiger partial charge in [0.15, 0.2) is 0 Å². The summed E-state index contributed by atoms with van der Waals surface area (Å²) < 4.78 is 0. The standard InChI is InChI=1S/C20H21ClN4O/c21-20-18(25-11-9-23-10-12-25)4-2-16-17(24-13-26)3-1-15(19(16)20)14-5-7-22-8-6-14/h2,4-8,13,23H,1,3,9-12H2,(H,24,26). The molecule has 2 aliphatic rings. The molecule has 5 nitrogen and oxygen atoms in total. The number of benzene rings is 1. The third-order valence-corrected chi connectivity index (χ3v) is 5.48. The third-order valence-electron chi connectivity index (χ3n) is 5.09. The van der Waals surface area contributed by atoms with Gasteiger partial charge in [-0.25, -0.2) is 0 Å². The summed E-state index contributed by atoms with van der Waals surface area (Å²) in [5.41, 5.74) is 4.33. The lowest BCUT2D eigenvalue weighted by Crippen LogP contribution is -2.45. The number of anilines is 1. The van der Waals surface area contributed by atoms with E-state index in [0.29, 0.717) is 0 Å². The zero-order chi connectivity index (χ0) is 17.9. The van der Waals surface area contributed by atoms with E-state index in [1.54, 1.807) is 12.4 Å². The normalized spacial score (nSPS) is 17.0. The van der Waals surface area contributed by atoms with Gasteiger partial charge in [-0.05, 0) is 42.2 Å². The first-order valence-corrected chi connectivity index (χ1v) is 9.28. The van der Waals surface area contributed by atoms with Crippen LogP contribution in [0, 0.1) is 0 Å². The van der Waals surface area contributed by atoms with Crippen molar-refractivity contribution in [2.24, 2.45) is 0 Å². The summed E-state index contributed by atoms with van der Waals surface area (Å²) in [7, 11) is 0. The van der Waals surface area contributed by atoms with E-state index in [4.69, 9.17) is 11.6 Å². The zero-order valence-corrected chi connectivity index (χ0v) is 15.2. The third kappa shape index (κ3) is 3.08. The second-order valence-electron chi connectivity index (χ2n) is 6.51. The fourth-order valence-electron chi connectivity index (χ4n) is 3.83. The molecule has 0 saturated carbocycles. The Labute approximate surface area is 157 Å². The number of carbonyl (C=O) groups is 1. The largest absolute Gasteiger partial charge is 0.368 e. The number of hydrogen-bond acceptors (Lipinski definition) is 4. The van der Waals surface area contributed by atoms with Crippen molar-refractivity contribution >= 4 is 35.0 Å². The molecule has 1 aliphatic heterocycles. The van der Waals surface area contributed by atoms with Crippen molar-refractivity contribution in [3.05, 3.63) is 57.7 Å². The Bertz CT molecular complexity index is 936. The molecular formula is C20H21ClN4O. The number of aromatic nitrogens is 1. The summed E-state index contributed by atoms with van der Waals surface area (Å²) in [6, 6.07) is 8.20. The number of nitrogens with zero attached hydrogens (tertiary/aromatic N) is 2. The van der Waals surface area contributed by atoms with Crippen LogP contribution in [-0.4, -0.2) is 37.6 Å². The summed E-state index contributed by atoms with van der Waals surface area (Å²) in [6.45, 7) is 3.79. The van der Waals surface area contributed by atoms with Crippen LogP contribution in [0.2, 0.25) is 5.02 Å². The van der Waals surface area contributed by atoms with Crippen LogP contribution in [-0.2, 0) is 4.79 Å². The molecule has 0 bridgehead atoms. The number of pyridine rings is 1. The lowest BCUT2D eigenvalue weighted by atomic mass is 9.92. The highest BCUT2D eigenvalue weighted by Gasteiger charge is 2.20. The molecular weight excluding hydrogens is 348 g/mol. The van der Waals surface area contributed by atoms with Crippen molar-refractivity contribution in [3.63, 3.8) is 0 Å². The number of fused-ring (bicyclic) bond motifs is 1. The van der Waals surface area contributed by atoms with Gasteiger partial charge in [0, 0.05) is 54.7 Å². The van der Waals surface area contributed by atoms with Gasteiger partial charge in [0.1, 0.15) is 0 Å². The average molecular weight is 369 g/mol. The molecule has 26 heavy (non-hydrogen) atoms. The van der Waals surface area contributed by atoms with Gasteiger partial charge in [0.25, 0.3) is 0 Å². The second kappa shape index (κ2) is 7.48. The molecule has 1 saturated heterocycles. The maximum atomic E-state index is 11.0. The van der Waals surface area contributed by atoms with Gasteiger partial charge in [-0.15, -0.1) is 0 Å². The van der Waals surface area contributed by atoms with Gasteiger partial charge in [-0.3, -0.25) is 9.78 Å². The molecule has 4 rings (SSSR count). The van der Waals surface area contributed by atoms with Gasteiger partial charge in [0.05, 0.1) is 10.7 Å². The first-order valence-electron chi connectivity index (χ1n) is 8.90. The maximum absolute atomic E-state index is 11.0. The molecule has 2 heterocycles. The van der Waals surface area contributed by atoms with Gasteiger partial charge in [0.2, 0.25) is 6.41 Å². The van der Waals surface area contributed by atoms with Crippen LogP contribution in [0.25, 0.3) is 11.3 Å². The lowest BCUT2D eigenvalue weighted by molar-refractivity contribution is -0.108. The molecule has 1 aliphatic carbocycles. The Morgan fingerprint density at radius 2 is 1.88 bits per heavy atom. The smallest absolute Gasteiger partial charge is 0.211 e. The predicted molar refractivity (Wildman–Crippen MR) is 104 cm³/mol. The molecule has 0 unspecified atom stereocenters. The van der Waals surface area contributed by atoms with E-state index >= 15 is 0 Å². The topological polar surface area (TPSA) is 57.3 Å². The van der Waals surface area contributed by atoms with E-state index in [0.717, 1.165) is 77.8 Å². The Kier molecular flexibility index (Phi) is 4.91. The molecule has 0 atom stereocenters. The van der Waals surface area contributed by atoms with Crippen LogP contribution < -0.4 is 26.0 Å². The summed E-state index contributed by atoms with van der Waals surface area (Å²) in [5, 5.41) is 9.05. The van der Waals surface area contributed by atoms with Crippen molar-refractivity contribution in [3.8, 4) is 0 Å². The number of piperazine rings is 1. The molecule has 1 aromatic carbocycles. The minimum Gasteiger partial charge on any atom is -0.368 e. The van der Waals surface area contributed by atoms with E-state index in [1.807, 2.05) is 12.1 Å². The molecule has 1 amide bonds. The Balaban J connectivity index is 1.99. The predicted octanol–water partition coefficient (Wildman–Crippen LogP) is 0.992.